The Morgan fingerprint density at radius 3 is 2.79 bits per heavy atom. The number of likely N-dealkylation sites (N-methyl/N-ethyl adjacent to an activating group) is 1. The van der Waals surface area contributed by atoms with E-state index in [9.17, 15) is 4.79 Å². The van der Waals surface area contributed by atoms with Crippen LogP contribution in [0.4, 0.5) is 0 Å². The summed E-state index contributed by atoms with van der Waals surface area (Å²) in [6.45, 7) is 2.04. The van der Waals surface area contributed by atoms with Crippen molar-refractivity contribution in [1.82, 2.24) is 5.32 Å². The summed E-state index contributed by atoms with van der Waals surface area (Å²) in [7, 11) is 3.28. The van der Waals surface area contributed by atoms with Crippen LogP contribution < -0.4 is 11.1 Å². The zero-order chi connectivity index (χ0) is 10.7. The van der Waals surface area contributed by atoms with Gasteiger partial charge in [-0.25, -0.2) is 4.79 Å². The van der Waals surface area contributed by atoms with E-state index in [2.05, 4.69) is 10.1 Å². The number of methoxy groups -OCH3 is 1. The van der Waals surface area contributed by atoms with Crippen molar-refractivity contribution in [3.63, 3.8) is 0 Å². The second-order valence-corrected chi connectivity index (χ2v) is 3.73. The fourth-order valence-electron chi connectivity index (χ4n) is 2.02. The van der Waals surface area contributed by atoms with Crippen LogP contribution in [0.5, 0.6) is 0 Å². The van der Waals surface area contributed by atoms with Crippen LogP contribution in [0.1, 0.15) is 13.3 Å². The second-order valence-electron chi connectivity index (χ2n) is 3.73. The van der Waals surface area contributed by atoms with E-state index in [-0.39, 0.29) is 24.0 Å². The summed E-state index contributed by atoms with van der Waals surface area (Å²) >= 11 is 0. The predicted molar refractivity (Wildman–Crippen MR) is 54.7 cm³/mol. The van der Waals surface area contributed by atoms with Gasteiger partial charge in [-0.1, -0.05) is 13.0 Å². The summed E-state index contributed by atoms with van der Waals surface area (Å²) in [4.78, 5) is 11.3. The van der Waals surface area contributed by atoms with Crippen LogP contribution in [0, 0.1) is 5.92 Å². The molecule has 0 saturated carbocycles. The molecule has 4 nitrogen and oxygen atoms in total. The van der Waals surface area contributed by atoms with E-state index in [1.807, 2.05) is 20.0 Å². The summed E-state index contributed by atoms with van der Waals surface area (Å²) in [6.07, 6.45) is 2.53. The monoisotopic (exact) mass is 198 g/mol. The lowest BCUT2D eigenvalue weighted by atomic mass is 9.84. The predicted octanol–water partition coefficient (Wildman–Crippen LogP) is 0.0409. The molecule has 80 valence electrons. The molecule has 14 heavy (non-hydrogen) atoms. The van der Waals surface area contributed by atoms with Crippen LogP contribution >= 0.6 is 0 Å². The van der Waals surface area contributed by atoms with Crippen molar-refractivity contribution < 1.29 is 9.53 Å². The Kier molecular flexibility index (Phi) is 3.66. The highest BCUT2D eigenvalue weighted by molar-refractivity contribution is 5.88. The van der Waals surface area contributed by atoms with E-state index in [0.29, 0.717) is 12.0 Å². The molecule has 4 heteroatoms. The average Bonchev–Trinajstić information content (AvgIpc) is 2.16. The fraction of sp³-hybridized carbons (Fsp3) is 0.700. The number of nitrogens with two attached hydrogens (primary N) is 1. The number of ether oxygens (including phenoxy) is 1. The third-order valence-corrected chi connectivity index (χ3v) is 2.73. The number of rotatable bonds is 2. The van der Waals surface area contributed by atoms with Gasteiger partial charge in [-0.3, -0.25) is 0 Å². The van der Waals surface area contributed by atoms with Crippen LogP contribution in [0.2, 0.25) is 0 Å². The Balaban J connectivity index is 2.79. The summed E-state index contributed by atoms with van der Waals surface area (Å²) in [5, 5.41) is 3.16. The van der Waals surface area contributed by atoms with Crippen molar-refractivity contribution in [2.24, 2.45) is 11.7 Å². The minimum atomic E-state index is -0.262. The van der Waals surface area contributed by atoms with Gasteiger partial charge in [0.15, 0.2) is 0 Å². The number of carbonyl (C=O) groups excluding carboxylic acids is 1. The standard InChI is InChI=1S/C10H18N2O2/c1-6-4-7(10(13)14-3)5-8(11)9(6)12-2/h4,6,8-9,12H,5,11H2,1-3H3/t6-,8?,9?/m1/s1. The Morgan fingerprint density at radius 1 is 1.71 bits per heavy atom. The lowest BCUT2D eigenvalue weighted by Crippen LogP contribution is -2.50. The first-order valence-electron chi connectivity index (χ1n) is 4.82. The van der Waals surface area contributed by atoms with E-state index in [1.165, 1.54) is 7.11 Å². The molecule has 2 unspecified atom stereocenters. The zero-order valence-electron chi connectivity index (χ0n) is 8.91. The number of esters is 1. The first kappa shape index (κ1) is 11.2. The molecule has 0 aromatic rings. The Hall–Kier alpha value is -0.870. The van der Waals surface area contributed by atoms with Gasteiger partial charge in [-0.05, 0) is 19.4 Å². The average molecular weight is 198 g/mol. The van der Waals surface area contributed by atoms with Crippen LogP contribution in [0.3, 0.4) is 0 Å². The minimum absolute atomic E-state index is 0.0194. The lowest BCUT2D eigenvalue weighted by Gasteiger charge is -2.32. The zero-order valence-corrected chi connectivity index (χ0v) is 8.91. The molecule has 3 atom stereocenters. The van der Waals surface area contributed by atoms with Crippen molar-refractivity contribution in [1.29, 1.82) is 0 Å². The molecule has 0 aromatic carbocycles. The Bertz CT molecular complexity index is 251. The van der Waals surface area contributed by atoms with Gasteiger partial charge >= 0.3 is 5.97 Å². The third kappa shape index (κ3) is 2.13. The summed E-state index contributed by atoms with van der Waals surface area (Å²) in [6, 6.07) is 0.220. The molecule has 0 aliphatic heterocycles. The smallest absolute Gasteiger partial charge is 0.333 e. The highest BCUT2D eigenvalue weighted by atomic mass is 16.5. The quantitative estimate of drug-likeness (QED) is 0.615. The molecule has 1 rings (SSSR count). The molecule has 0 radical (unpaired) electrons. The molecule has 3 N–H and O–H groups in total. The fourth-order valence-corrected chi connectivity index (χ4v) is 2.02. The molecule has 0 spiro atoms. The van der Waals surface area contributed by atoms with Crippen molar-refractivity contribution in [2.45, 2.75) is 25.4 Å². The van der Waals surface area contributed by atoms with Gasteiger partial charge in [0.1, 0.15) is 0 Å². The van der Waals surface area contributed by atoms with Crippen LogP contribution in [0.15, 0.2) is 11.6 Å². The van der Waals surface area contributed by atoms with Gasteiger partial charge in [-0.2, -0.15) is 0 Å². The van der Waals surface area contributed by atoms with E-state index < -0.39 is 0 Å². The summed E-state index contributed by atoms with van der Waals surface area (Å²) in [5.74, 6) is -0.000275. The Labute approximate surface area is 84.5 Å². The summed E-state index contributed by atoms with van der Waals surface area (Å²) < 4.78 is 4.67. The van der Waals surface area contributed by atoms with E-state index in [1.54, 1.807) is 0 Å². The first-order valence-corrected chi connectivity index (χ1v) is 4.82. The molecule has 1 aliphatic carbocycles. The van der Waals surface area contributed by atoms with Crippen molar-refractivity contribution in [3.8, 4) is 0 Å². The third-order valence-electron chi connectivity index (χ3n) is 2.73. The maximum Gasteiger partial charge on any atom is 0.333 e. The number of nitrogens with one attached hydrogen (secondary N) is 1. The Morgan fingerprint density at radius 2 is 2.36 bits per heavy atom. The molecule has 0 saturated heterocycles. The van der Waals surface area contributed by atoms with E-state index in [4.69, 9.17) is 5.73 Å². The maximum atomic E-state index is 11.3. The van der Waals surface area contributed by atoms with Crippen molar-refractivity contribution >= 4 is 5.97 Å². The highest BCUT2D eigenvalue weighted by Crippen LogP contribution is 2.22. The topological polar surface area (TPSA) is 64.3 Å². The number of hydrogen-bond acceptors (Lipinski definition) is 4. The molecule has 1 aliphatic rings. The van der Waals surface area contributed by atoms with Gasteiger partial charge in [0, 0.05) is 17.7 Å². The first-order chi connectivity index (χ1) is 6.60. The number of hydrogen-bond donors (Lipinski definition) is 2. The normalized spacial score (nSPS) is 32.3. The van der Waals surface area contributed by atoms with Gasteiger partial charge in [0.2, 0.25) is 0 Å². The molecule has 0 bridgehead atoms. The lowest BCUT2D eigenvalue weighted by molar-refractivity contribution is -0.136. The van der Waals surface area contributed by atoms with Gasteiger partial charge in [0.25, 0.3) is 0 Å². The van der Waals surface area contributed by atoms with Crippen LogP contribution in [-0.4, -0.2) is 32.2 Å². The largest absolute Gasteiger partial charge is 0.466 e. The van der Waals surface area contributed by atoms with Crippen molar-refractivity contribution in [3.05, 3.63) is 11.6 Å². The van der Waals surface area contributed by atoms with E-state index in [0.717, 1.165) is 0 Å². The van der Waals surface area contributed by atoms with Gasteiger partial charge in [0.05, 0.1) is 7.11 Å². The van der Waals surface area contributed by atoms with Gasteiger partial charge < -0.3 is 15.8 Å². The van der Waals surface area contributed by atoms with Crippen LogP contribution in [-0.2, 0) is 9.53 Å². The summed E-state index contributed by atoms with van der Waals surface area (Å²) in [5.41, 5.74) is 6.65. The SMILES string of the molecule is CNC1C(N)CC(C(=O)OC)=C[C@H]1C. The van der Waals surface area contributed by atoms with Crippen molar-refractivity contribution in [2.75, 3.05) is 14.2 Å². The maximum absolute atomic E-state index is 11.3. The minimum Gasteiger partial charge on any atom is -0.466 e. The molecular formula is C10H18N2O2. The number of carbonyl (C=O) groups is 1. The molecule has 0 fully saturated rings. The molecule has 0 aromatic heterocycles. The second kappa shape index (κ2) is 4.57. The molecule has 0 heterocycles. The highest BCUT2D eigenvalue weighted by Gasteiger charge is 2.29. The molecule has 0 amide bonds. The molecular weight excluding hydrogens is 180 g/mol. The van der Waals surface area contributed by atoms with E-state index >= 15 is 0 Å². The van der Waals surface area contributed by atoms with Gasteiger partial charge in [-0.15, -0.1) is 0 Å². The van der Waals surface area contributed by atoms with Crippen LogP contribution in [0.25, 0.3) is 0 Å².